The number of Topliss-reactive ketones (excluding diaryl/α,β-unsaturated/α-hetero) is 1. The fourth-order valence-corrected chi connectivity index (χ4v) is 5.42. The van der Waals surface area contributed by atoms with Crippen LogP contribution in [-0.2, 0) is 0 Å². The van der Waals surface area contributed by atoms with E-state index in [2.05, 4.69) is 17.1 Å². The monoisotopic (exact) mass is 430 g/mol. The number of nitriles is 2. The Balaban J connectivity index is 1.79. The Bertz CT molecular complexity index is 1350. The number of para-hydroxylation sites is 1. The van der Waals surface area contributed by atoms with Gasteiger partial charge in [0.2, 0.25) is 0 Å². The van der Waals surface area contributed by atoms with E-state index >= 15 is 0 Å². The van der Waals surface area contributed by atoms with Gasteiger partial charge in [-0.2, -0.15) is 10.5 Å². The second-order valence-corrected chi connectivity index (χ2v) is 8.75. The van der Waals surface area contributed by atoms with Gasteiger partial charge in [-0.3, -0.25) is 9.78 Å². The Morgan fingerprint density at radius 1 is 1.06 bits per heavy atom. The van der Waals surface area contributed by atoms with Gasteiger partial charge in [-0.05, 0) is 42.7 Å². The normalized spacial score (nSPS) is 22.1. The molecule has 0 amide bonds. The number of fused-ring (bicyclic) bond motifs is 3. The van der Waals surface area contributed by atoms with Crippen LogP contribution in [0.1, 0.15) is 38.5 Å². The molecule has 160 valence electrons. The molecule has 1 saturated heterocycles. The van der Waals surface area contributed by atoms with Gasteiger partial charge in [-0.25, -0.2) is 0 Å². The van der Waals surface area contributed by atoms with Crippen molar-refractivity contribution in [2.75, 3.05) is 4.90 Å². The average molecular weight is 431 g/mol. The summed E-state index contributed by atoms with van der Waals surface area (Å²) in [7, 11) is 0. The van der Waals surface area contributed by atoms with Crippen molar-refractivity contribution < 1.29 is 4.79 Å². The minimum Gasteiger partial charge on any atom is -0.351 e. The van der Waals surface area contributed by atoms with E-state index in [1.165, 1.54) is 0 Å². The molecule has 0 saturated carbocycles. The first kappa shape index (κ1) is 20.7. The highest BCUT2D eigenvalue weighted by molar-refractivity contribution is 6.05. The van der Waals surface area contributed by atoms with Gasteiger partial charge in [-0.15, -0.1) is 0 Å². The summed E-state index contributed by atoms with van der Waals surface area (Å²) < 4.78 is 0. The number of aryl methyl sites for hydroxylation is 2. The third kappa shape index (κ3) is 2.97. The summed E-state index contributed by atoms with van der Waals surface area (Å²) in [4.78, 5) is 20.5. The zero-order valence-corrected chi connectivity index (χ0v) is 18.4. The molecule has 3 atom stereocenters. The number of rotatable bonds is 3. The number of pyridine rings is 1. The van der Waals surface area contributed by atoms with Crippen molar-refractivity contribution in [1.29, 1.82) is 10.5 Å². The Morgan fingerprint density at radius 2 is 1.85 bits per heavy atom. The molecule has 3 aromatic rings. The molecule has 0 N–H and O–H groups in total. The topological polar surface area (TPSA) is 80.8 Å². The molecule has 0 aliphatic carbocycles. The minimum absolute atomic E-state index is 0.0937. The largest absolute Gasteiger partial charge is 0.351 e. The van der Waals surface area contributed by atoms with Crippen molar-refractivity contribution in [3.8, 4) is 12.1 Å². The average Bonchev–Trinajstić information content (AvgIpc) is 3.15. The van der Waals surface area contributed by atoms with Crippen LogP contribution in [0.15, 0.2) is 73.1 Å². The van der Waals surface area contributed by atoms with Crippen molar-refractivity contribution in [3.63, 3.8) is 0 Å². The van der Waals surface area contributed by atoms with Gasteiger partial charge in [0, 0.05) is 29.6 Å². The fourth-order valence-electron chi connectivity index (χ4n) is 5.42. The number of aromatic nitrogens is 1. The molecule has 1 fully saturated rings. The van der Waals surface area contributed by atoms with Gasteiger partial charge < -0.3 is 4.90 Å². The number of hydrogen-bond acceptors (Lipinski definition) is 5. The first-order valence-electron chi connectivity index (χ1n) is 10.9. The van der Waals surface area contributed by atoms with Gasteiger partial charge >= 0.3 is 0 Å². The molecule has 2 aliphatic heterocycles. The first-order chi connectivity index (χ1) is 16.0. The van der Waals surface area contributed by atoms with Gasteiger partial charge in [0.25, 0.3) is 0 Å². The van der Waals surface area contributed by atoms with Crippen LogP contribution in [0.2, 0.25) is 0 Å². The number of carbonyl (C=O) groups excluding carboxylic acids is 1. The third-order valence-corrected chi connectivity index (χ3v) is 6.87. The predicted octanol–water partition coefficient (Wildman–Crippen LogP) is 4.98. The summed E-state index contributed by atoms with van der Waals surface area (Å²) in [5.74, 6) is -0.765. The lowest BCUT2D eigenvalue weighted by Gasteiger charge is -2.35. The highest BCUT2D eigenvalue weighted by Crippen LogP contribution is 2.55. The summed E-state index contributed by atoms with van der Waals surface area (Å²) >= 11 is 0. The number of nitrogens with zero attached hydrogens (tertiary/aromatic N) is 4. The maximum atomic E-state index is 14.2. The van der Waals surface area contributed by atoms with E-state index in [9.17, 15) is 15.3 Å². The van der Waals surface area contributed by atoms with Crippen LogP contribution in [0, 0.1) is 41.9 Å². The Hall–Kier alpha value is -4.22. The van der Waals surface area contributed by atoms with E-state index in [1.807, 2.05) is 79.4 Å². The van der Waals surface area contributed by atoms with Crippen LogP contribution in [0.3, 0.4) is 0 Å². The molecule has 5 heteroatoms. The maximum absolute atomic E-state index is 14.2. The molecule has 0 unspecified atom stereocenters. The van der Waals surface area contributed by atoms with Gasteiger partial charge in [0.15, 0.2) is 11.2 Å². The van der Waals surface area contributed by atoms with Crippen LogP contribution < -0.4 is 4.90 Å². The molecule has 0 bridgehead atoms. The van der Waals surface area contributed by atoms with Crippen LogP contribution in [0.25, 0.3) is 6.08 Å². The van der Waals surface area contributed by atoms with Crippen molar-refractivity contribution in [2.24, 2.45) is 5.41 Å². The van der Waals surface area contributed by atoms with Crippen molar-refractivity contribution in [3.05, 3.63) is 101 Å². The summed E-state index contributed by atoms with van der Waals surface area (Å²) in [5.41, 5.74) is 3.64. The number of benzene rings is 2. The summed E-state index contributed by atoms with van der Waals surface area (Å²) in [6.07, 6.45) is 7.17. The summed E-state index contributed by atoms with van der Waals surface area (Å²) in [6, 6.07) is 20.6. The number of anilines is 1. The molecular formula is C28H22N4O. The van der Waals surface area contributed by atoms with Gasteiger partial charge in [0.05, 0.1) is 18.2 Å². The van der Waals surface area contributed by atoms with E-state index in [4.69, 9.17) is 0 Å². The number of hydrogen-bond donors (Lipinski definition) is 0. The Kier molecular flexibility index (Phi) is 4.84. The minimum atomic E-state index is -1.45. The predicted molar refractivity (Wildman–Crippen MR) is 126 cm³/mol. The van der Waals surface area contributed by atoms with Crippen LogP contribution in [0.4, 0.5) is 5.69 Å². The smallest absolute Gasteiger partial charge is 0.186 e. The van der Waals surface area contributed by atoms with E-state index < -0.39 is 23.4 Å². The molecule has 0 radical (unpaired) electrons. The molecule has 0 spiro atoms. The van der Waals surface area contributed by atoms with Crippen LogP contribution >= 0.6 is 0 Å². The van der Waals surface area contributed by atoms with Crippen molar-refractivity contribution in [1.82, 2.24) is 4.98 Å². The number of ketones is 1. The Labute approximate surface area is 193 Å². The zero-order chi connectivity index (χ0) is 23.2. The first-order valence-corrected chi connectivity index (χ1v) is 10.9. The number of carbonyl (C=O) groups is 1. The zero-order valence-electron chi connectivity index (χ0n) is 18.4. The van der Waals surface area contributed by atoms with Crippen LogP contribution in [-0.4, -0.2) is 22.9 Å². The molecule has 2 aliphatic rings. The van der Waals surface area contributed by atoms with E-state index in [0.29, 0.717) is 11.1 Å². The molecule has 3 heterocycles. The Morgan fingerprint density at radius 3 is 2.55 bits per heavy atom. The molecular weight excluding hydrogens is 408 g/mol. The lowest BCUT2D eigenvalue weighted by molar-refractivity contribution is 0.0950. The maximum Gasteiger partial charge on any atom is 0.186 e. The van der Waals surface area contributed by atoms with Crippen LogP contribution in [0.5, 0.6) is 0 Å². The van der Waals surface area contributed by atoms with Crippen molar-refractivity contribution >= 4 is 17.5 Å². The quantitative estimate of drug-likeness (QED) is 0.547. The lowest BCUT2D eigenvalue weighted by atomic mass is 9.69. The molecule has 33 heavy (non-hydrogen) atoms. The molecule has 2 aromatic carbocycles. The standard InChI is InChI=1S/C28H22N4O/c1-18-9-11-22(19(2)14-18)27(33)26-25(21-7-5-13-31-15-21)28(16-29,17-30)24-12-10-20-6-3-4-8-23(20)32(24)26/h3-15,24-26H,1-2H3/t24-,25+,26+/m1/s1. The van der Waals surface area contributed by atoms with Gasteiger partial charge in [-0.1, -0.05) is 60.2 Å². The summed E-state index contributed by atoms with van der Waals surface area (Å²) in [6.45, 7) is 3.92. The molecule has 5 nitrogen and oxygen atoms in total. The van der Waals surface area contributed by atoms with Gasteiger partial charge in [0.1, 0.15) is 6.04 Å². The molecule has 5 rings (SSSR count). The van der Waals surface area contributed by atoms with E-state index in [-0.39, 0.29) is 5.78 Å². The lowest BCUT2D eigenvalue weighted by Crippen LogP contribution is -2.44. The second kappa shape index (κ2) is 7.73. The van der Waals surface area contributed by atoms with Crippen molar-refractivity contribution in [2.45, 2.75) is 31.8 Å². The second-order valence-electron chi connectivity index (χ2n) is 8.75. The summed E-state index contributed by atoms with van der Waals surface area (Å²) in [5, 5.41) is 20.9. The SMILES string of the molecule is Cc1ccc(C(=O)[C@@H]2[C@H](c3cccnc3)C(C#N)(C#N)[C@H]3C=Cc4ccccc4N23)c(C)c1. The fraction of sp³-hybridized carbons (Fsp3) is 0.214. The van der Waals surface area contributed by atoms with E-state index in [0.717, 1.165) is 22.4 Å². The third-order valence-electron chi connectivity index (χ3n) is 6.87. The molecule has 1 aromatic heterocycles. The van der Waals surface area contributed by atoms with E-state index in [1.54, 1.807) is 18.5 Å². The highest BCUT2D eigenvalue weighted by atomic mass is 16.1. The highest BCUT2D eigenvalue weighted by Gasteiger charge is 2.63.